The third-order valence-corrected chi connectivity index (χ3v) is 4.93. The van der Waals surface area contributed by atoms with Crippen molar-refractivity contribution in [1.82, 2.24) is 4.90 Å². The Kier molecular flexibility index (Phi) is 6.74. The fraction of sp³-hybridized carbons (Fsp3) is 0.429. The number of rotatable bonds is 7. The number of hydrogen-bond acceptors (Lipinski definition) is 3. The van der Waals surface area contributed by atoms with E-state index >= 15 is 0 Å². The second-order valence-electron chi connectivity index (χ2n) is 6.52. The first-order valence-electron chi connectivity index (χ1n) is 8.98. The molecule has 2 aromatic carbocycles. The molecule has 134 valence electrons. The highest BCUT2D eigenvalue weighted by molar-refractivity contribution is 6.30. The fourth-order valence-corrected chi connectivity index (χ4v) is 3.32. The predicted molar refractivity (Wildman–Crippen MR) is 103 cm³/mol. The molecule has 3 rings (SSSR count). The molecule has 1 fully saturated rings. The second-order valence-corrected chi connectivity index (χ2v) is 6.96. The zero-order valence-corrected chi connectivity index (χ0v) is 15.6. The maximum Gasteiger partial charge on any atom is 0.123 e. The van der Waals surface area contributed by atoms with Crippen LogP contribution in [0.15, 0.2) is 42.5 Å². The van der Waals surface area contributed by atoms with Crippen LogP contribution in [0.1, 0.15) is 23.1 Å². The summed E-state index contributed by atoms with van der Waals surface area (Å²) < 4.78 is 11.5. The van der Waals surface area contributed by atoms with Crippen LogP contribution < -0.4 is 4.74 Å². The van der Waals surface area contributed by atoms with Crippen LogP contribution in [0.3, 0.4) is 0 Å². The van der Waals surface area contributed by atoms with Crippen molar-refractivity contribution in [2.24, 2.45) is 0 Å². The summed E-state index contributed by atoms with van der Waals surface area (Å²) >= 11 is 6.20. The lowest BCUT2D eigenvalue weighted by atomic mass is 10.1. The van der Waals surface area contributed by atoms with Gasteiger partial charge in [0, 0.05) is 18.1 Å². The van der Waals surface area contributed by atoms with E-state index in [1.54, 1.807) is 0 Å². The van der Waals surface area contributed by atoms with Crippen LogP contribution in [0, 0.1) is 6.92 Å². The summed E-state index contributed by atoms with van der Waals surface area (Å²) in [6.45, 7) is 7.56. The highest BCUT2D eigenvalue weighted by Gasteiger charge is 2.11. The van der Waals surface area contributed by atoms with E-state index in [9.17, 15) is 0 Å². The molecule has 0 saturated carbocycles. The second kappa shape index (κ2) is 9.23. The molecule has 0 aliphatic carbocycles. The van der Waals surface area contributed by atoms with Crippen LogP contribution in [0.2, 0.25) is 5.02 Å². The maximum absolute atomic E-state index is 6.20. The van der Waals surface area contributed by atoms with Gasteiger partial charge < -0.3 is 9.47 Å². The zero-order chi connectivity index (χ0) is 17.5. The summed E-state index contributed by atoms with van der Waals surface area (Å²) in [5.41, 5.74) is 3.66. The molecular weight excluding hydrogens is 334 g/mol. The molecule has 0 unspecified atom stereocenters. The van der Waals surface area contributed by atoms with Crippen molar-refractivity contribution in [3.05, 3.63) is 64.2 Å². The third-order valence-electron chi connectivity index (χ3n) is 4.69. The lowest BCUT2D eigenvalue weighted by molar-refractivity contribution is 0.0374. The molecule has 4 heteroatoms. The molecule has 0 bridgehead atoms. The molecule has 3 nitrogen and oxygen atoms in total. The molecule has 1 heterocycles. The fourth-order valence-electron chi connectivity index (χ4n) is 3.13. The maximum atomic E-state index is 6.20. The summed E-state index contributed by atoms with van der Waals surface area (Å²) in [6.07, 6.45) is 2.07. The third kappa shape index (κ3) is 5.46. The number of hydrogen-bond donors (Lipinski definition) is 0. The van der Waals surface area contributed by atoms with Crippen molar-refractivity contribution < 1.29 is 9.47 Å². The first kappa shape index (κ1) is 18.2. The minimum absolute atomic E-state index is 0.588. The minimum atomic E-state index is 0.588. The summed E-state index contributed by atoms with van der Waals surface area (Å²) in [5, 5.41) is 0.768. The van der Waals surface area contributed by atoms with Gasteiger partial charge in [0.05, 0.1) is 13.2 Å². The van der Waals surface area contributed by atoms with Crippen LogP contribution in [0.4, 0.5) is 0 Å². The summed E-state index contributed by atoms with van der Waals surface area (Å²) in [7, 11) is 0. The van der Waals surface area contributed by atoms with E-state index in [0.717, 1.165) is 56.5 Å². The molecule has 0 amide bonds. The highest BCUT2D eigenvalue weighted by Crippen LogP contribution is 2.25. The molecule has 2 aromatic rings. The SMILES string of the molecule is Cc1ccccc1COc1ccc(Cl)cc1CCCN1CCOCC1. The summed E-state index contributed by atoms with van der Waals surface area (Å²) in [6, 6.07) is 14.3. The van der Waals surface area contributed by atoms with Crippen LogP contribution in [0.25, 0.3) is 0 Å². The predicted octanol–water partition coefficient (Wildman–Crippen LogP) is 4.49. The molecule has 1 aliphatic rings. The van der Waals surface area contributed by atoms with Crippen molar-refractivity contribution in [2.45, 2.75) is 26.4 Å². The average molecular weight is 360 g/mol. The van der Waals surface area contributed by atoms with Gasteiger partial charge in [-0.2, -0.15) is 0 Å². The largest absolute Gasteiger partial charge is 0.489 e. The first-order valence-corrected chi connectivity index (χ1v) is 9.36. The van der Waals surface area contributed by atoms with E-state index in [1.807, 2.05) is 18.2 Å². The molecule has 0 aromatic heterocycles. The van der Waals surface area contributed by atoms with E-state index in [1.165, 1.54) is 16.7 Å². The Morgan fingerprint density at radius 3 is 2.68 bits per heavy atom. The zero-order valence-electron chi connectivity index (χ0n) is 14.8. The Hall–Kier alpha value is -1.55. The van der Waals surface area contributed by atoms with E-state index in [0.29, 0.717) is 6.61 Å². The van der Waals surface area contributed by atoms with Gasteiger partial charge in [0.25, 0.3) is 0 Å². The average Bonchev–Trinajstić information content (AvgIpc) is 2.63. The molecule has 1 aliphatic heterocycles. The number of aryl methyl sites for hydroxylation is 2. The van der Waals surface area contributed by atoms with Gasteiger partial charge in [-0.05, 0) is 61.2 Å². The Morgan fingerprint density at radius 2 is 1.88 bits per heavy atom. The van der Waals surface area contributed by atoms with Crippen molar-refractivity contribution in [3.63, 3.8) is 0 Å². The topological polar surface area (TPSA) is 21.7 Å². The summed E-state index contributed by atoms with van der Waals surface area (Å²) in [5.74, 6) is 0.939. The van der Waals surface area contributed by atoms with Gasteiger partial charge in [-0.1, -0.05) is 35.9 Å². The van der Waals surface area contributed by atoms with E-state index < -0.39 is 0 Å². The molecule has 0 N–H and O–H groups in total. The monoisotopic (exact) mass is 359 g/mol. The highest BCUT2D eigenvalue weighted by atomic mass is 35.5. The smallest absolute Gasteiger partial charge is 0.123 e. The van der Waals surface area contributed by atoms with E-state index in [-0.39, 0.29) is 0 Å². The molecular formula is C21H26ClNO2. The van der Waals surface area contributed by atoms with Crippen LogP contribution in [-0.2, 0) is 17.8 Å². The van der Waals surface area contributed by atoms with Crippen LogP contribution in [0.5, 0.6) is 5.75 Å². The van der Waals surface area contributed by atoms with Gasteiger partial charge in [-0.25, -0.2) is 0 Å². The Bertz CT molecular complexity index is 683. The van der Waals surface area contributed by atoms with Crippen molar-refractivity contribution >= 4 is 11.6 Å². The van der Waals surface area contributed by atoms with Gasteiger partial charge in [-0.15, -0.1) is 0 Å². The van der Waals surface area contributed by atoms with Crippen molar-refractivity contribution in [3.8, 4) is 5.75 Å². The Balaban J connectivity index is 1.58. The summed E-state index contributed by atoms with van der Waals surface area (Å²) in [4.78, 5) is 2.46. The lowest BCUT2D eigenvalue weighted by Gasteiger charge is -2.26. The first-order chi connectivity index (χ1) is 12.2. The lowest BCUT2D eigenvalue weighted by Crippen LogP contribution is -2.36. The van der Waals surface area contributed by atoms with Gasteiger partial charge in [0.2, 0.25) is 0 Å². The number of morpholine rings is 1. The number of ether oxygens (including phenoxy) is 2. The Labute approximate surface area is 155 Å². The van der Waals surface area contributed by atoms with E-state index in [4.69, 9.17) is 21.1 Å². The number of benzene rings is 2. The standard InChI is InChI=1S/C21H26ClNO2/c1-17-5-2-3-6-19(17)16-25-21-9-8-20(22)15-18(21)7-4-10-23-11-13-24-14-12-23/h2-3,5-6,8-9,15H,4,7,10-14,16H2,1H3. The Morgan fingerprint density at radius 1 is 1.08 bits per heavy atom. The van der Waals surface area contributed by atoms with Crippen molar-refractivity contribution in [1.29, 1.82) is 0 Å². The van der Waals surface area contributed by atoms with Gasteiger partial charge in [-0.3, -0.25) is 4.90 Å². The van der Waals surface area contributed by atoms with Gasteiger partial charge >= 0.3 is 0 Å². The number of halogens is 1. The number of nitrogens with zero attached hydrogens (tertiary/aromatic N) is 1. The normalized spacial score (nSPS) is 15.3. The van der Waals surface area contributed by atoms with Crippen molar-refractivity contribution in [2.75, 3.05) is 32.8 Å². The van der Waals surface area contributed by atoms with Gasteiger partial charge in [0.1, 0.15) is 12.4 Å². The molecule has 0 atom stereocenters. The molecule has 0 radical (unpaired) electrons. The quantitative estimate of drug-likeness (QED) is 0.726. The van der Waals surface area contributed by atoms with Gasteiger partial charge in [0.15, 0.2) is 0 Å². The molecule has 0 spiro atoms. The van der Waals surface area contributed by atoms with Crippen LogP contribution in [-0.4, -0.2) is 37.7 Å². The van der Waals surface area contributed by atoms with Crippen LogP contribution >= 0.6 is 11.6 Å². The molecule has 1 saturated heterocycles. The van der Waals surface area contributed by atoms with E-state index in [2.05, 4.69) is 36.1 Å². The minimum Gasteiger partial charge on any atom is -0.489 e. The molecule has 25 heavy (non-hydrogen) atoms.